The molecule has 1 amide bonds. The summed E-state index contributed by atoms with van der Waals surface area (Å²) in [5.41, 5.74) is 6.93. The first-order valence-electron chi connectivity index (χ1n) is 7.62. The molecule has 0 aromatic carbocycles. The zero-order valence-electron chi connectivity index (χ0n) is 12.3. The van der Waals surface area contributed by atoms with Crippen LogP contribution in [0.4, 0.5) is 0 Å². The van der Waals surface area contributed by atoms with Gasteiger partial charge >= 0.3 is 0 Å². The van der Waals surface area contributed by atoms with Crippen molar-refractivity contribution in [2.24, 2.45) is 17.6 Å². The predicted molar refractivity (Wildman–Crippen MR) is 80.2 cm³/mol. The van der Waals surface area contributed by atoms with Gasteiger partial charge in [0.15, 0.2) is 0 Å². The van der Waals surface area contributed by atoms with Gasteiger partial charge in [0, 0.05) is 24.8 Å². The standard InChI is InChI=1S/C16H25N3O/c1-12-3-2-4-13(9-12)5-7-19-16(20)14-6-8-18-15(10-14)11-17/h6,8,10,12-13H,2-5,7,9,11,17H2,1H3,(H,19,20). The van der Waals surface area contributed by atoms with E-state index in [0.717, 1.165) is 30.5 Å². The minimum Gasteiger partial charge on any atom is -0.352 e. The number of nitrogens with zero attached hydrogens (tertiary/aromatic N) is 1. The smallest absolute Gasteiger partial charge is 0.251 e. The normalized spacial score (nSPS) is 22.5. The number of pyridine rings is 1. The molecule has 2 rings (SSSR count). The van der Waals surface area contributed by atoms with E-state index >= 15 is 0 Å². The van der Waals surface area contributed by atoms with Crippen molar-refractivity contribution in [1.82, 2.24) is 10.3 Å². The molecule has 3 N–H and O–H groups in total. The molecule has 0 bridgehead atoms. The number of nitrogens with two attached hydrogens (primary N) is 1. The highest BCUT2D eigenvalue weighted by molar-refractivity contribution is 5.94. The molecule has 4 nitrogen and oxygen atoms in total. The Bertz CT molecular complexity index is 447. The molecule has 110 valence electrons. The Kier molecular flexibility index (Phi) is 5.53. The van der Waals surface area contributed by atoms with E-state index in [2.05, 4.69) is 17.2 Å². The third kappa shape index (κ3) is 4.30. The summed E-state index contributed by atoms with van der Waals surface area (Å²) in [5.74, 6) is 1.60. The van der Waals surface area contributed by atoms with Gasteiger partial charge in [0.25, 0.3) is 5.91 Å². The quantitative estimate of drug-likeness (QED) is 0.867. The zero-order valence-corrected chi connectivity index (χ0v) is 12.3. The van der Waals surface area contributed by atoms with E-state index in [1.165, 1.54) is 25.7 Å². The second-order valence-corrected chi connectivity index (χ2v) is 5.92. The molecular formula is C16H25N3O. The van der Waals surface area contributed by atoms with E-state index in [1.54, 1.807) is 18.3 Å². The third-order valence-corrected chi connectivity index (χ3v) is 4.17. The maximum atomic E-state index is 12.0. The minimum absolute atomic E-state index is 0.0223. The summed E-state index contributed by atoms with van der Waals surface area (Å²) < 4.78 is 0. The van der Waals surface area contributed by atoms with Crippen molar-refractivity contribution < 1.29 is 4.79 Å². The lowest BCUT2D eigenvalue weighted by Crippen LogP contribution is -2.27. The Hall–Kier alpha value is -1.42. The number of rotatable bonds is 5. The van der Waals surface area contributed by atoms with Crippen molar-refractivity contribution in [3.8, 4) is 0 Å². The fourth-order valence-electron chi connectivity index (χ4n) is 3.04. The number of nitrogens with one attached hydrogen (secondary N) is 1. The first-order chi connectivity index (χ1) is 9.69. The van der Waals surface area contributed by atoms with Gasteiger partial charge in [0.05, 0.1) is 5.69 Å². The monoisotopic (exact) mass is 275 g/mol. The van der Waals surface area contributed by atoms with Crippen LogP contribution in [-0.4, -0.2) is 17.4 Å². The van der Waals surface area contributed by atoms with Gasteiger partial charge in [-0.05, 0) is 36.8 Å². The highest BCUT2D eigenvalue weighted by Crippen LogP contribution is 2.30. The molecule has 0 radical (unpaired) electrons. The number of aromatic nitrogens is 1. The molecule has 20 heavy (non-hydrogen) atoms. The molecule has 2 atom stereocenters. The highest BCUT2D eigenvalue weighted by atomic mass is 16.1. The molecule has 1 aromatic heterocycles. The van der Waals surface area contributed by atoms with Gasteiger partial charge in [-0.15, -0.1) is 0 Å². The lowest BCUT2D eigenvalue weighted by molar-refractivity contribution is 0.0949. The predicted octanol–water partition coefficient (Wildman–Crippen LogP) is 2.49. The summed E-state index contributed by atoms with van der Waals surface area (Å²) in [6.07, 6.45) is 8.05. The van der Waals surface area contributed by atoms with Crippen LogP contribution < -0.4 is 11.1 Å². The Morgan fingerprint density at radius 3 is 3.10 bits per heavy atom. The number of carbonyl (C=O) groups is 1. The summed E-state index contributed by atoms with van der Waals surface area (Å²) in [6, 6.07) is 3.50. The van der Waals surface area contributed by atoms with E-state index in [9.17, 15) is 4.79 Å². The molecule has 0 saturated heterocycles. The van der Waals surface area contributed by atoms with Gasteiger partial charge in [-0.3, -0.25) is 9.78 Å². The van der Waals surface area contributed by atoms with Crippen molar-refractivity contribution >= 4 is 5.91 Å². The van der Waals surface area contributed by atoms with Gasteiger partial charge in [-0.1, -0.05) is 26.2 Å². The topological polar surface area (TPSA) is 68.0 Å². The van der Waals surface area contributed by atoms with Crippen LogP contribution in [-0.2, 0) is 6.54 Å². The van der Waals surface area contributed by atoms with Crippen LogP contribution in [0.25, 0.3) is 0 Å². The zero-order chi connectivity index (χ0) is 14.4. The van der Waals surface area contributed by atoms with Crippen molar-refractivity contribution in [3.63, 3.8) is 0 Å². The van der Waals surface area contributed by atoms with Crippen LogP contribution in [0.3, 0.4) is 0 Å². The van der Waals surface area contributed by atoms with Crippen LogP contribution in [0.15, 0.2) is 18.3 Å². The molecule has 1 aliphatic carbocycles. The van der Waals surface area contributed by atoms with Crippen LogP contribution in [0.5, 0.6) is 0 Å². The van der Waals surface area contributed by atoms with Crippen molar-refractivity contribution in [2.75, 3.05) is 6.54 Å². The van der Waals surface area contributed by atoms with E-state index in [4.69, 9.17) is 5.73 Å². The van der Waals surface area contributed by atoms with E-state index in [0.29, 0.717) is 12.1 Å². The second-order valence-electron chi connectivity index (χ2n) is 5.92. The molecule has 1 aromatic rings. The summed E-state index contributed by atoms with van der Waals surface area (Å²) >= 11 is 0. The van der Waals surface area contributed by atoms with Gasteiger partial charge in [0.1, 0.15) is 0 Å². The molecule has 4 heteroatoms. The van der Waals surface area contributed by atoms with E-state index < -0.39 is 0 Å². The number of hydrogen-bond acceptors (Lipinski definition) is 3. The van der Waals surface area contributed by atoms with Crippen LogP contribution >= 0.6 is 0 Å². The molecule has 1 aliphatic rings. The Morgan fingerprint density at radius 1 is 1.50 bits per heavy atom. The third-order valence-electron chi connectivity index (χ3n) is 4.17. The fraction of sp³-hybridized carbons (Fsp3) is 0.625. The van der Waals surface area contributed by atoms with E-state index in [1.807, 2.05) is 0 Å². The van der Waals surface area contributed by atoms with Crippen molar-refractivity contribution in [3.05, 3.63) is 29.6 Å². The van der Waals surface area contributed by atoms with Gasteiger partial charge < -0.3 is 11.1 Å². The molecule has 1 saturated carbocycles. The summed E-state index contributed by atoms with van der Waals surface area (Å²) in [5, 5.41) is 3.00. The second kappa shape index (κ2) is 7.39. The summed E-state index contributed by atoms with van der Waals surface area (Å²) in [7, 11) is 0. The lowest BCUT2D eigenvalue weighted by atomic mass is 9.81. The van der Waals surface area contributed by atoms with Gasteiger partial charge in [-0.2, -0.15) is 0 Å². The van der Waals surface area contributed by atoms with Crippen LogP contribution in [0, 0.1) is 11.8 Å². The first-order valence-corrected chi connectivity index (χ1v) is 7.62. The molecule has 2 unspecified atom stereocenters. The Labute approximate surface area is 121 Å². The largest absolute Gasteiger partial charge is 0.352 e. The number of amides is 1. The van der Waals surface area contributed by atoms with Crippen LogP contribution in [0.1, 0.15) is 55.1 Å². The van der Waals surface area contributed by atoms with Gasteiger partial charge in [-0.25, -0.2) is 0 Å². The maximum Gasteiger partial charge on any atom is 0.251 e. The molecule has 1 heterocycles. The van der Waals surface area contributed by atoms with Crippen molar-refractivity contribution in [1.29, 1.82) is 0 Å². The number of hydrogen-bond donors (Lipinski definition) is 2. The summed E-state index contributed by atoms with van der Waals surface area (Å²) in [4.78, 5) is 16.1. The summed E-state index contributed by atoms with van der Waals surface area (Å²) in [6.45, 7) is 3.45. The SMILES string of the molecule is CC1CCCC(CCNC(=O)c2ccnc(CN)c2)C1. The Balaban J connectivity index is 1.77. The Morgan fingerprint density at radius 2 is 2.35 bits per heavy atom. The highest BCUT2D eigenvalue weighted by Gasteiger charge is 2.18. The van der Waals surface area contributed by atoms with Crippen LogP contribution in [0.2, 0.25) is 0 Å². The van der Waals surface area contributed by atoms with Gasteiger partial charge in [0.2, 0.25) is 0 Å². The van der Waals surface area contributed by atoms with E-state index in [-0.39, 0.29) is 5.91 Å². The fourth-order valence-corrected chi connectivity index (χ4v) is 3.04. The lowest BCUT2D eigenvalue weighted by Gasteiger charge is -2.26. The molecular weight excluding hydrogens is 250 g/mol. The average Bonchev–Trinajstić information content (AvgIpc) is 2.47. The van der Waals surface area contributed by atoms with Crippen molar-refractivity contribution in [2.45, 2.75) is 45.6 Å². The first kappa shape index (κ1) is 15.0. The molecule has 0 spiro atoms. The maximum absolute atomic E-state index is 12.0. The molecule has 0 aliphatic heterocycles. The molecule has 1 fully saturated rings. The average molecular weight is 275 g/mol. The number of carbonyl (C=O) groups excluding carboxylic acids is 1. The minimum atomic E-state index is -0.0223.